The SMILES string of the molecule is COc1ccccc1Cc1csc(N2CCC(S(=O)(=O)c3ccc(F)cc3Cl)CC2)n1. The van der Waals surface area contributed by atoms with E-state index in [9.17, 15) is 12.8 Å². The number of halogens is 2. The smallest absolute Gasteiger partial charge is 0.185 e. The van der Waals surface area contributed by atoms with Crippen molar-refractivity contribution in [3.8, 4) is 5.75 Å². The summed E-state index contributed by atoms with van der Waals surface area (Å²) >= 11 is 7.56. The van der Waals surface area contributed by atoms with Crippen LogP contribution in [0.2, 0.25) is 5.02 Å². The average Bonchev–Trinajstić information content (AvgIpc) is 3.22. The van der Waals surface area contributed by atoms with Crippen LogP contribution in [0.1, 0.15) is 24.1 Å². The number of ether oxygens (including phenoxy) is 1. The third-order valence-corrected chi connectivity index (χ3v) is 9.15. The van der Waals surface area contributed by atoms with Gasteiger partial charge in [0.15, 0.2) is 15.0 Å². The highest BCUT2D eigenvalue weighted by Gasteiger charge is 2.33. The third-order valence-electron chi connectivity index (χ3n) is 5.46. The van der Waals surface area contributed by atoms with Crippen molar-refractivity contribution in [2.24, 2.45) is 0 Å². The molecular weight excluding hydrogens is 459 g/mol. The van der Waals surface area contributed by atoms with Gasteiger partial charge in [0.05, 0.1) is 28.0 Å². The molecule has 2 heterocycles. The molecule has 2 aromatic carbocycles. The Labute approximate surface area is 190 Å². The molecule has 0 aliphatic carbocycles. The van der Waals surface area contributed by atoms with Gasteiger partial charge in [0.25, 0.3) is 0 Å². The Bertz CT molecular complexity index is 1180. The predicted octanol–water partition coefficient (Wildman–Crippen LogP) is 4.98. The average molecular weight is 481 g/mol. The lowest BCUT2D eigenvalue weighted by atomic mass is 10.1. The fourth-order valence-electron chi connectivity index (χ4n) is 3.81. The molecule has 0 bridgehead atoms. The fourth-order valence-corrected chi connectivity index (χ4v) is 6.96. The van der Waals surface area contributed by atoms with E-state index in [1.54, 1.807) is 18.4 Å². The van der Waals surface area contributed by atoms with E-state index in [-0.39, 0.29) is 9.92 Å². The molecule has 4 rings (SSSR count). The molecule has 1 aliphatic rings. The van der Waals surface area contributed by atoms with Crippen molar-refractivity contribution >= 4 is 37.9 Å². The molecule has 0 radical (unpaired) electrons. The lowest BCUT2D eigenvalue weighted by molar-refractivity contribution is 0.410. The van der Waals surface area contributed by atoms with Crippen LogP contribution in [0, 0.1) is 5.82 Å². The minimum Gasteiger partial charge on any atom is -0.496 e. The Morgan fingerprint density at radius 1 is 1.23 bits per heavy atom. The second kappa shape index (κ2) is 9.14. The van der Waals surface area contributed by atoms with E-state index >= 15 is 0 Å². The van der Waals surface area contributed by atoms with Crippen LogP contribution in [0.15, 0.2) is 52.7 Å². The predicted molar refractivity (Wildman–Crippen MR) is 122 cm³/mol. The van der Waals surface area contributed by atoms with E-state index in [0.717, 1.165) is 34.3 Å². The number of thiazole rings is 1. The number of hydrogen-bond acceptors (Lipinski definition) is 6. The van der Waals surface area contributed by atoms with Gasteiger partial charge in [-0.25, -0.2) is 17.8 Å². The Hall–Kier alpha value is -2.16. The van der Waals surface area contributed by atoms with Crippen LogP contribution in [0.5, 0.6) is 5.75 Å². The molecule has 9 heteroatoms. The monoisotopic (exact) mass is 480 g/mol. The van der Waals surface area contributed by atoms with Crippen LogP contribution in [0.25, 0.3) is 0 Å². The molecular formula is C22H22ClFN2O3S2. The molecule has 31 heavy (non-hydrogen) atoms. The summed E-state index contributed by atoms with van der Waals surface area (Å²) in [6.45, 7) is 1.18. The van der Waals surface area contributed by atoms with Crippen molar-refractivity contribution in [2.45, 2.75) is 29.4 Å². The molecule has 1 aromatic heterocycles. The number of piperidine rings is 1. The van der Waals surface area contributed by atoms with Gasteiger partial charge in [-0.15, -0.1) is 11.3 Å². The molecule has 164 valence electrons. The number of rotatable bonds is 6. The minimum absolute atomic E-state index is 0.00219. The quantitative estimate of drug-likeness (QED) is 0.466. The van der Waals surface area contributed by atoms with Crippen LogP contribution < -0.4 is 9.64 Å². The summed E-state index contributed by atoms with van der Waals surface area (Å²) in [5, 5.41) is 2.31. The van der Waals surface area contributed by atoms with Gasteiger partial charge in [-0.1, -0.05) is 29.8 Å². The lowest BCUT2D eigenvalue weighted by Gasteiger charge is -2.31. The Kier molecular flexibility index (Phi) is 6.50. The van der Waals surface area contributed by atoms with Crippen LogP contribution in [0.4, 0.5) is 9.52 Å². The molecule has 1 aliphatic heterocycles. The number of anilines is 1. The Morgan fingerprint density at radius 2 is 1.97 bits per heavy atom. The van der Waals surface area contributed by atoms with Gasteiger partial charge in [-0.2, -0.15) is 0 Å². The van der Waals surface area contributed by atoms with Gasteiger partial charge in [-0.05, 0) is 37.1 Å². The maximum atomic E-state index is 13.3. The van der Waals surface area contributed by atoms with Crippen molar-refractivity contribution < 1.29 is 17.5 Å². The molecule has 0 atom stereocenters. The summed E-state index contributed by atoms with van der Waals surface area (Å²) < 4.78 is 44.7. The maximum absolute atomic E-state index is 13.3. The molecule has 0 amide bonds. The van der Waals surface area contributed by atoms with Gasteiger partial charge in [0.1, 0.15) is 11.6 Å². The van der Waals surface area contributed by atoms with Crippen LogP contribution in [0.3, 0.4) is 0 Å². The molecule has 0 saturated carbocycles. The molecule has 1 saturated heterocycles. The van der Waals surface area contributed by atoms with Crippen molar-refractivity contribution in [3.05, 3.63) is 69.9 Å². The number of nitrogens with zero attached hydrogens (tertiary/aromatic N) is 2. The molecule has 1 fully saturated rings. The second-order valence-corrected chi connectivity index (χ2v) is 10.9. The van der Waals surface area contributed by atoms with Crippen LogP contribution in [-0.2, 0) is 16.3 Å². The van der Waals surface area contributed by atoms with Gasteiger partial charge < -0.3 is 9.64 Å². The normalized spacial score (nSPS) is 15.3. The van der Waals surface area contributed by atoms with Gasteiger partial charge in [0.2, 0.25) is 0 Å². The highest BCUT2D eigenvalue weighted by molar-refractivity contribution is 7.92. The summed E-state index contributed by atoms with van der Waals surface area (Å²) in [4.78, 5) is 6.87. The largest absolute Gasteiger partial charge is 0.496 e. The summed E-state index contributed by atoms with van der Waals surface area (Å²) in [6.07, 6.45) is 1.61. The molecule has 3 aromatic rings. The van der Waals surface area contributed by atoms with E-state index in [4.69, 9.17) is 21.3 Å². The third kappa shape index (κ3) is 4.71. The van der Waals surface area contributed by atoms with E-state index in [1.165, 1.54) is 6.07 Å². The zero-order valence-electron chi connectivity index (χ0n) is 16.9. The first kappa shape index (κ1) is 22.0. The number of methoxy groups -OCH3 is 1. The summed E-state index contributed by atoms with van der Waals surface area (Å²) in [5.41, 5.74) is 2.03. The first-order chi connectivity index (χ1) is 14.9. The van der Waals surface area contributed by atoms with E-state index < -0.39 is 20.9 Å². The Balaban J connectivity index is 1.42. The van der Waals surface area contributed by atoms with Crippen LogP contribution >= 0.6 is 22.9 Å². The van der Waals surface area contributed by atoms with Crippen LogP contribution in [-0.4, -0.2) is 38.9 Å². The molecule has 5 nitrogen and oxygen atoms in total. The number of aromatic nitrogens is 1. The van der Waals surface area contributed by atoms with E-state index in [0.29, 0.717) is 32.4 Å². The van der Waals surface area contributed by atoms with E-state index in [1.807, 2.05) is 29.6 Å². The number of para-hydroxylation sites is 1. The zero-order chi connectivity index (χ0) is 22.0. The summed E-state index contributed by atoms with van der Waals surface area (Å²) in [6, 6.07) is 11.3. The van der Waals surface area contributed by atoms with Crippen molar-refractivity contribution in [3.63, 3.8) is 0 Å². The number of sulfone groups is 1. The van der Waals surface area contributed by atoms with Crippen molar-refractivity contribution in [2.75, 3.05) is 25.1 Å². The van der Waals surface area contributed by atoms with Gasteiger partial charge in [0, 0.05) is 30.5 Å². The minimum atomic E-state index is -3.61. The molecule has 0 spiro atoms. The topological polar surface area (TPSA) is 59.5 Å². The fraction of sp³-hybridized carbons (Fsp3) is 0.318. The highest BCUT2D eigenvalue weighted by Crippen LogP contribution is 2.32. The first-order valence-electron chi connectivity index (χ1n) is 9.88. The van der Waals surface area contributed by atoms with Gasteiger partial charge >= 0.3 is 0 Å². The maximum Gasteiger partial charge on any atom is 0.185 e. The number of benzene rings is 2. The van der Waals surface area contributed by atoms with Crippen molar-refractivity contribution in [1.29, 1.82) is 0 Å². The highest BCUT2D eigenvalue weighted by atomic mass is 35.5. The standard InChI is InChI=1S/C22H22ClFN2O3S2/c1-29-20-5-3-2-4-15(20)12-17-14-30-22(25-17)26-10-8-18(9-11-26)31(27,28)21-7-6-16(24)13-19(21)23/h2-7,13-14,18H,8-12H2,1H3. The second-order valence-electron chi connectivity index (χ2n) is 7.42. The number of hydrogen-bond donors (Lipinski definition) is 0. The first-order valence-corrected chi connectivity index (χ1v) is 12.7. The molecule has 0 unspecified atom stereocenters. The summed E-state index contributed by atoms with van der Waals surface area (Å²) in [5.74, 6) is 0.286. The van der Waals surface area contributed by atoms with Crippen molar-refractivity contribution in [1.82, 2.24) is 4.98 Å². The lowest BCUT2D eigenvalue weighted by Crippen LogP contribution is -2.39. The van der Waals surface area contributed by atoms with E-state index in [2.05, 4.69) is 4.90 Å². The van der Waals surface area contributed by atoms with Gasteiger partial charge in [-0.3, -0.25) is 0 Å². The Morgan fingerprint density at radius 3 is 2.68 bits per heavy atom. The summed E-state index contributed by atoms with van der Waals surface area (Å²) in [7, 11) is -1.96. The molecule has 0 N–H and O–H groups in total. The zero-order valence-corrected chi connectivity index (χ0v) is 19.3.